The van der Waals surface area contributed by atoms with Crippen LogP contribution in [-0.4, -0.2) is 34.9 Å². The van der Waals surface area contributed by atoms with Crippen LogP contribution in [0.1, 0.15) is 59.0 Å². The van der Waals surface area contributed by atoms with E-state index in [0.717, 1.165) is 12.8 Å². The maximum Gasteiger partial charge on any atom is 0.264 e. The molecule has 43 heavy (non-hydrogen) atoms. The number of carbonyl (C=O) groups is 1. The number of halogens is 1. The van der Waals surface area contributed by atoms with Gasteiger partial charge in [0.25, 0.3) is 11.5 Å². The van der Waals surface area contributed by atoms with Crippen LogP contribution >= 0.6 is 0 Å². The van der Waals surface area contributed by atoms with Gasteiger partial charge < -0.3 is 11.1 Å². The third-order valence-corrected chi connectivity index (χ3v) is 7.47. The monoisotopic (exact) mass is 572 g/mol. The summed E-state index contributed by atoms with van der Waals surface area (Å²) in [4.78, 5) is 31.9. The summed E-state index contributed by atoms with van der Waals surface area (Å²) in [5.74, 6) is 4.81. The minimum absolute atomic E-state index is 0.000191. The zero-order chi connectivity index (χ0) is 29.7. The number of pyridine rings is 1. The van der Waals surface area contributed by atoms with E-state index in [1.165, 1.54) is 15.1 Å². The van der Waals surface area contributed by atoms with Crippen molar-refractivity contribution in [2.24, 2.45) is 0 Å². The van der Waals surface area contributed by atoms with Gasteiger partial charge in [-0.05, 0) is 55.5 Å². The zero-order valence-corrected chi connectivity index (χ0v) is 23.0. The van der Waals surface area contributed by atoms with Gasteiger partial charge in [-0.2, -0.15) is 5.10 Å². The Morgan fingerprint density at radius 1 is 1.14 bits per heavy atom. The van der Waals surface area contributed by atoms with E-state index < -0.39 is 23.3 Å². The highest BCUT2D eigenvalue weighted by molar-refractivity contribution is 6.04. The van der Waals surface area contributed by atoms with Gasteiger partial charge in [0.05, 0.1) is 34.8 Å². The number of benzene rings is 2. The lowest BCUT2D eigenvalue weighted by Gasteiger charge is -2.21. The van der Waals surface area contributed by atoms with Gasteiger partial charge in [-0.15, -0.1) is 5.10 Å². The predicted octanol–water partition coefficient (Wildman–Crippen LogP) is 4.18. The van der Waals surface area contributed by atoms with Crippen molar-refractivity contribution in [3.8, 4) is 17.5 Å². The molecule has 0 spiro atoms. The first-order chi connectivity index (χ1) is 20.9. The number of nitrogens with two attached hydrogens (primary N) is 1. The molecule has 6 aromatic rings. The second kappa shape index (κ2) is 10.3. The van der Waals surface area contributed by atoms with Gasteiger partial charge in [-0.1, -0.05) is 36.1 Å². The third kappa shape index (κ3) is 4.68. The Morgan fingerprint density at radius 3 is 2.74 bits per heavy atom. The van der Waals surface area contributed by atoms with Crippen molar-refractivity contribution in [2.75, 3.05) is 5.73 Å². The minimum Gasteiger partial charge on any atom is -0.381 e. The summed E-state index contributed by atoms with van der Waals surface area (Å²) in [6, 6.07) is 15.0. The van der Waals surface area contributed by atoms with Crippen LogP contribution in [-0.2, 0) is 0 Å². The fourth-order valence-electron chi connectivity index (χ4n) is 5.22. The van der Waals surface area contributed by atoms with E-state index in [2.05, 4.69) is 32.3 Å². The molecule has 10 nitrogen and oxygen atoms in total. The summed E-state index contributed by atoms with van der Waals surface area (Å²) >= 11 is 0. The van der Waals surface area contributed by atoms with Crippen molar-refractivity contribution in [1.29, 1.82) is 0 Å². The molecule has 1 aliphatic rings. The van der Waals surface area contributed by atoms with E-state index in [-0.39, 0.29) is 22.3 Å². The highest BCUT2D eigenvalue weighted by Crippen LogP contribution is 2.34. The van der Waals surface area contributed by atoms with Crippen molar-refractivity contribution in [2.45, 2.75) is 31.8 Å². The molecule has 4 heterocycles. The first-order valence-electron chi connectivity index (χ1n) is 13.8. The smallest absolute Gasteiger partial charge is 0.264 e. The largest absolute Gasteiger partial charge is 0.381 e. The Bertz CT molecular complexity index is 2170. The molecule has 1 atom stereocenters. The second-order valence-corrected chi connectivity index (χ2v) is 10.5. The van der Waals surface area contributed by atoms with E-state index >= 15 is 4.39 Å². The molecule has 1 aliphatic carbocycles. The summed E-state index contributed by atoms with van der Waals surface area (Å²) in [6.45, 7) is 1.76. The standard InChI is InChI=1S/C32H25FN8O2/c1-19(37-31(42)28-29(34)38-39-15-5-14-35-30(28)39)26-16-21-9-13-25(33)24(12-8-20-17-36-40(18-20)22-10-11-22)27(21)32(43)41(26)23-6-3-2-4-7-23/h2-7,9,13-19,22H,10-11H2,1H3,(H2,34,38)(H,37,42)/t19-/m0/s1. The van der Waals surface area contributed by atoms with Crippen LogP contribution in [0.25, 0.3) is 22.1 Å². The zero-order valence-electron chi connectivity index (χ0n) is 23.0. The lowest BCUT2D eigenvalue weighted by molar-refractivity contribution is 0.0941. The fraction of sp³-hybridized carbons (Fsp3) is 0.156. The SMILES string of the molecule is C[C@H](NC(=O)c1c(N)nn2cccnc12)c1cc2ccc(F)c(C#Cc3cnn(C4CC4)c3)c2c(=O)n1-c1ccccc1. The fourth-order valence-corrected chi connectivity index (χ4v) is 5.22. The van der Waals surface area contributed by atoms with Gasteiger partial charge >= 0.3 is 0 Å². The van der Waals surface area contributed by atoms with Gasteiger partial charge in [0, 0.05) is 30.0 Å². The maximum absolute atomic E-state index is 15.3. The summed E-state index contributed by atoms with van der Waals surface area (Å²) in [5, 5.41) is 12.1. The molecule has 0 radical (unpaired) electrons. The Labute approximate surface area is 244 Å². The number of fused-ring (bicyclic) bond motifs is 2. The van der Waals surface area contributed by atoms with Crippen molar-refractivity contribution in [3.05, 3.63) is 118 Å². The molecule has 1 saturated carbocycles. The average molecular weight is 573 g/mol. The molecule has 212 valence electrons. The number of nitrogen functional groups attached to an aromatic ring is 1. The molecule has 7 rings (SSSR count). The number of rotatable bonds is 5. The molecular weight excluding hydrogens is 547 g/mol. The van der Waals surface area contributed by atoms with Gasteiger partial charge in [0.2, 0.25) is 0 Å². The molecule has 4 aromatic heterocycles. The van der Waals surface area contributed by atoms with E-state index in [1.54, 1.807) is 68.0 Å². The van der Waals surface area contributed by atoms with Crippen molar-refractivity contribution >= 4 is 28.1 Å². The van der Waals surface area contributed by atoms with E-state index in [1.807, 2.05) is 16.9 Å². The lowest BCUT2D eigenvalue weighted by Crippen LogP contribution is -2.32. The van der Waals surface area contributed by atoms with Gasteiger partial charge in [-0.3, -0.25) is 18.8 Å². The van der Waals surface area contributed by atoms with Crippen LogP contribution in [0.15, 0.2) is 84.2 Å². The highest BCUT2D eigenvalue weighted by atomic mass is 19.1. The van der Waals surface area contributed by atoms with Crippen molar-refractivity contribution < 1.29 is 9.18 Å². The average Bonchev–Trinajstić information content (AvgIpc) is 3.65. The number of nitrogens with one attached hydrogen (secondary N) is 1. The summed E-state index contributed by atoms with van der Waals surface area (Å²) in [7, 11) is 0. The number of carbonyl (C=O) groups excluding carboxylic acids is 1. The first-order valence-corrected chi connectivity index (χ1v) is 13.8. The van der Waals surface area contributed by atoms with Crippen LogP contribution in [0.3, 0.4) is 0 Å². The molecule has 11 heteroatoms. The summed E-state index contributed by atoms with van der Waals surface area (Å²) in [5.41, 5.74) is 7.72. The van der Waals surface area contributed by atoms with E-state index in [4.69, 9.17) is 5.73 Å². The normalized spacial score (nSPS) is 13.5. The number of nitrogens with zero attached hydrogens (tertiary/aromatic N) is 6. The molecule has 3 N–H and O–H groups in total. The van der Waals surface area contributed by atoms with Crippen LogP contribution in [0.5, 0.6) is 0 Å². The number of hydrogen-bond donors (Lipinski definition) is 2. The van der Waals surface area contributed by atoms with Gasteiger partial charge in [0.1, 0.15) is 11.4 Å². The van der Waals surface area contributed by atoms with Crippen molar-refractivity contribution in [3.63, 3.8) is 0 Å². The minimum atomic E-state index is -0.671. The number of para-hydroxylation sites is 1. The molecule has 0 saturated heterocycles. The van der Waals surface area contributed by atoms with Crippen molar-refractivity contribution in [1.82, 2.24) is 34.3 Å². The quantitative estimate of drug-likeness (QED) is 0.299. The Morgan fingerprint density at radius 2 is 1.95 bits per heavy atom. The van der Waals surface area contributed by atoms with Gasteiger partial charge in [-0.25, -0.2) is 13.9 Å². The third-order valence-electron chi connectivity index (χ3n) is 7.47. The van der Waals surface area contributed by atoms with Crippen LogP contribution in [0.2, 0.25) is 0 Å². The number of amides is 1. The van der Waals surface area contributed by atoms with Gasteiger partial charge in [0.15, 0.2) is 11.5 Å². The maximum atomic E-state index is 15.3. The topological polar surface area (TPSA) is 125 Å². The van der Waals surface area contributed by atoms with E-state index in [9.17, 15) is 9.59 Å². The summed E-state index contributed by atoms with van der Waals surface area (Å²) < 4.78 is 20.0. The van der Waals surface area contributed by atoms with E-state index in [0.29, 0.717) is 34.0 Å². The predicted molar refractivity (Wildman–Crippen MR) is 159 cm³/mol. The lowest BCUT2D eigenvalue weighted by atomic mass is 10.0. The van der Waals surface area contributed by atoms with Crippen LogP contribution in [0.4, 0.5) is 10.2 Å². The Kier molecular flexibility index (Phi) is 6.24. The molecule has 2 aromatic carbocycles. The number of anilines is 1. The highest BCUT2D eigenvalue weighted by Gasteiger charge is 2.25. The number of hydrogen-bond acceptors (Lipinski definition) is 6. The summed E-state index contributed by atoms with van der Waals surface area (Å²) in [6.07, 6.45) is 8.84. The molecular formula is C32H25FN8O2. The Hall–Kier alpha value is -5.76. The molecule has 1 fully saturated rings. The Balaban J connectivity index is 1.34. The van der Waals surface area contributed by atoms with Crippen LogP contribution in [0, 0.1) is 17.7 Å². The first kappa shape index (κ1) is 26.2. The number of aromatic nitrogens is 6. The second-order valence-electron chi connectivity index (χ2n) is 10.5. The molecule has 0 aliphatic heterocycles. The molecule has 0 bridgehead atoms. The molecule has 0 unspecified atom stereocenters. The van der Waals surface area contributed by atoms with Crippen LogP contribution < -0.4 is 16.6 Å². The molecule has 1 amide bonds.